The van der Waals surface area contributed by atoms with Crippen molar-refractivity contribution in [3.05, 3.63) is 53.9 Å². The van der Waals surface area contributed by atoms with E-state index in [2.05, 4.69) is 4.98 Å². The Bertz CT molecular complexity index is 1130. The van der Waals surface area contributed by atoms with Crippen LogP contribution in [0.25, 0.3) is 11.3 Å². The van der Waals surface area contributed by atoms with Gasteiger partial charge in [-0.2, -0.15) is 0 Å². The number of pyridine rings is 1. The third kappa shape index (κ3) is 3.90. The van der Waals surface area contributed by atoms with Crippen LogP contribution in [0.2, 0.25) is 0 Å². The lowest BCUT2D eigenvalue weighted by molar-refractivity contribution is -0.132. The number of carbonyl (C=O) groups is 2. The second-order valence-electron chi connectivity index (χ2n) is 9.40. The number of ether oxygens (including phenoxy) is 4. The van der Waals surface area contributed by atoms with E-state index in [1.807, 2.05) is 39.0 Å². The number of hydrogen-bond donors (Lipinski definition) is 0. The molecule has 3 aliphatic rings. The van der Waals surface area contributed by atoms with Crippen molar-refractivity contribution < 1.29 is 28.5 Å². The number of piperidine rings is 1. The smallest absolute Gasteiger partial charge is 0.410 e. The molecule has 0 bridgehead atoms. The molecule has 1 aromatic carbocycles. The van der Waals surface area contributed by atoms with Crippen LogP contribution in [-0.4, -0.2) is 52.8 Å². The van der Waals surface area contributed by atoms with E-state index in [0.29, 0.717) is 48.8 Å². The van der Waals surface area contributed by atoms with Crippen LogP contribution in [0.5, 0.6) is 11.5 Å². The van der Waals surface area contributed by atoms with Crippen LogP contribution in [0.15, 0.2) is 42.7 Å². The highest BCUT2D eigenvalue weighted by Gasteiger charge is 2.52. The lowest BCUT2D eigenvalue weighted by atomic mass is 9.83. The van der Waals surface area contributed by atoms with Crippen LogP contribution < -0.4 is 9.47 Å². The summed E-state index contributed by atoms with van der Waals surface area (Å²) in [5.74, 6) is 1.71. The summed E-state index contributed by atoms with van der Waals surface area (Å²) in [6.45, 7) is 6.42. The molecule has 0 atom stereocenters. The van der Waals surface area contributed by atoms with Crippen LogP contribution in [0.1, 0.15) is 44.7 Å². The summed E-state index contributed by atoms with van der Waals surface area (Å²) < 4.78 is 22.9. The lowest BCUT2D eigenvalue weighted by Gasteiger charge is -2.38. The van der Waals surface area contributed by atoms with Gasteiger partial charge in [0.2, 0.25) is 12.6 Å². The van der Waals surface area contributed by atoms with Gasteiger partial charge in [-0.3, -0.25) is 9.78 Å². The Labute approximate surface area is 192 Å². The van der Waals surface area contributed by atoms with Crippen LogP contribution >= 0.6 is 0 Å². The fraction of sp³-hybridized carbons (Fsp3) is 0.400. The number of likely N-dealkylation sites (tertiary alicyclic amines) is 1. The molecule has 1 amide bonds. The minimum absolute atomic E-state index is 0.0785. The summed E-state index contributed by atoms with van der Waals surface area (Å²) in [6, 6.07) is 9.13. The molecule has 1 aromatic heterocycles. The molecule has 0 unspecified atom stereocenters. The predicted octanol–water partition coefficient (Wildman–Crippen LogP) is 4.05. The molecule has 33 heavy (non-hydrogen) atoms. The second-order valence-corrected chi connectivity index (χ2v) is 9.40. The molecule has 172 valence electrons. The van der Waals surface area contributed by atoms with E-state index >= 15 is 0 Å². The molecular formula is C25H26N2O6. The van der Waals surface area contributed by atoms with Gasteiger partial charge in [-0.1, -0.05) is 0 Å². The molecule has 0 radical (unpaired) electrons. The Kier molecular flexibility index (Phi) is 5.03. The molecule has 0 saturated carbocycles. The standard InChI is InChI=1S/C25H26N2O6/c1-24(2,3)33-23(29)27-12-8-25(9-13-27)22(28)20(16-6-10-26-11-7-16)21(32-25)17-4-5-18-19(14-17)31-15-30-18/h4-7,10-11,14H,8-9,12-13,15H2,1-3H3. The molecule has 8 heteroatoms. The summed E-state index contributed by atoms with van der Waals surface area (Å²) in [7, 11) is 0. The molecule has 2 aromatic rings. The molecule has 0 aliphatic carbocycles. The van der Waals surface area contributed by atoms with Gasteiger partial charge in [-0.05, 0) is 56.7 Å². The zero-order valence-corrected chi connectivity index (χ0v) is 18.9. The maximum atomic E-state index is 13.8. The van der Waals surface area contributed by atoms with Crippen LogP contribution in [-0.2, 0) is 14.3 Å². The zero-order chi connectivity index (χ0) is 23.2. The molecule has 1 fully saturated rings. The number of ketones is 1. The monoisotopic (exact) mass is 450 g/mol. The van der Waals surface area contributed by atoms with Gasteiger partial charge in [-0.25, -0.2) is 4.79 Å². The highest BCUT2D eigenvalue weighted by molar-refractivity contribution is 6.33. The second kappa shape index (κ2) is 7.79. The van der Waals surface area contributed by atoms with E-state index in [1.54, 1.807) is 29.4 Å². The minimum Gasteiger partial charge on any atom is -0.478 e. The van der Waals surface area contributed by atoms with Crippen molar-refractivity contribution in [2.24, 2.45) is 0 Å². The van der Waals surface area contributed by atoms with Crippen molar-refractivity contribution in [2.75, 3.05) is 19.9 Å². The number of fused-ring (bicyclic) bond motifs is 1. The van der Waals surface area contributed by atoms with Crippen molar-refractivity contribution in [3.8, 4) is 11.5 Å². The van der Waals surface area contributed by atoms with E-state index in [1.165, 1.54) is 0 Å². The Balaban J connectivity index is 1.45. The number of hydrogen-bond acceptors (Lipinski definition) is 7. The molecule has 1 spiro atoms. The van der Waals surface area contributed by atoms with Gasteiger partial charge in [0.15, 0.2) is 17.1 Å². The van der Waals surface area contributed by atoms with Crippen molar-refractivity contribution >= 4 is 23.2 Å². The highest BCUT2D eigenvalue weighted by Crippen LogP contribution is 2.47. The van der Waals surface area contributed by atoms with E-state index in [9.17, 15) is 9.59 Å². The first-order chi connectivity index (χ1) is 15.8. The first kappa shape index (κ1) is 21.3. The Morgan fingerprint density at radius 1 is 1.03 bits per heavy atom. The maximum absolute atomic E-state index is 13.8. The normalized spacial score (nSPS) is 19.1. The van der Waals surface area contributed by atoms with Gasteiger partial charge < -0.3 is 23.8 Å². The van der Waals surface area contributed by atoms with Crippen LogP contribution in [0.3, 0.4) is 0 Å². The number of Topliss-reactive ketones (excluding diaryl/α,β-unsaturated/α-hetero) is 1. The summed E-state index contributed by atoms with van der Waals surface area (Å²) in [5.41, 5.74) is 0.402. The molecule has 4 heterocycles. The molecule has 5 rings (SSSR count). The quantitative estimate of drug-likeness (QED) is 0.682. The van der Waals surface area contributed by atoms with Gasteiger partial charge in [0.25, 0.3) is 0 Å². The number of benzene rings is 1. The zero-order valence-electron chi connectivity index (χ0n) is 18.9. The Morgan fingerprint density at radius 3 is 2.42 bits per heavy atom. The third-order valence-corrected chi connectivity index (χ3v) is 5.99. The molecular weight excluding hydrogens is 424 g/mol. The summed E-state index contributed by atoms with van der Waals surface area (Å²) in [6.07, 6.45) is 3.70. The van der Waals surface area contributed by atoms with Gasteiger partial charge in [-0.15, -0.1) is 0 Å². The molecule has 1 saturated heterocycles. The first-order valence-electron chi connectivity index (χ1n) is 11.0. The van der Waals surface area contributed by atoms with E-state index in [0.717, 1.165) is 11.1 Å². The minimum atomic E-state index is -1.02. The van der Waals surface area contributed by atoms with E-state index < -0.39 is 11.2 Å². The fourth-order valence-electron chi connectivity index (χ4n) is 4.35. The third-order valence-electron chi connectivity index (χ3n) is 5.99. The fourth-order valence-corrected chi connectivity index (χ4v) is 4.35. The van der Waals surface area contributed by atoms with Gasteiger partial charge in [0.1, 0.15) is 11.4 Å². The summed E-state index contributed by atoms with van der Waals surface area (Å²) in [5, 5.41) is 0. The Hall–Kier alpha value is -3.55. The number of amides is 1. The van der Waals surface area contributed by atoms with Crippen LogP contribution in [0, 0.1) is 0 Å². The van der Waals surface area contributed by atoms with E-state index in [4.69, 9.17) is 18.9 Å². The highest BCUT2D eigenvalue weighted by atomic mass is 16.7. The number of nitrogens with zero attached hydrogens (tertiary/aromatic N) is 2. The average Bonchev–Trinajstić information content (AvgIpc) is 3.36. The first-order valence-corrected chi connectivity index (χ1v) is 11.0. The van der Waals surface area contributed by atoms with Gasteiger partial charge >= 0.3 is 6.09 Å². The van der Waals surface area contributed by atoms with Crippen molar-refractivity contribution in [1.29, 1.82) is 0 Å². The lowest BCUT2D eigenvalue weighted by Crippen LogP contribution is -2.51. The number of rotatable bonds is 2. The Morgan fingerprint density at radius 2 is 1.73 bits per heavy atom. The van der Waals surface area contributed by atoms with E-state index in [-0.39, 0.29) is 18.7 Å². The van der Waals surface area contributed by atoms with Gasteiger partial charge in [0, 0.05) is 43.9 Å². The molecule has 8 nitrogen and oxygen atoms in total. The van der Waals surface area contributed by atoms with Crippen molar-refractivity contribution in [2.45, 2.75) is 44.8 Å². The SMILES string of the molecule is CC(C)(C)OC(=O)N1CCC2(CC1)OC(c1ccc3c(c1)OCO3)=C(c1ccncc1)C2=O. The molecule has 3 aliphatic heterocycles. The van der Waals surface area contributed by atoms with Crippen LogP contribution in [0.4, 0.5) is 4.79 Å². The van der Waals surface area contributed by atoms with Gasteiger partial charge in [0.05, 0.1) is 5.57 Å². The summed E-state index contributed by atoms with van der Waals surface area (Å²) in [4.78, 5) is 32.0. The number of carbonyl (C=O) groups excluding carboxylic acids is 2. The largest absolute Gasteiger partial charge is 0.478 e. The number of aromatic nitrogens is 1. The maximum Gasteiger partial charge on any atom is 0.410 e. The van der Waals surface area contributed by atoms with Crippen molar-refractivity contribution in [1.82, 2.24) is 9.88 Å². The molecule has 0 N–H and O–H groups in total. The average molecular weight is 450 g/mol. The predicted molar refractivity (Wildman–Crippen MR) is 119 cm³/mol. The van der Waals surface area contributed by atoms with Crippen molar-refractivity contribution in [3.63, 3.8) is 0 Å². The topological polar surface area (TPSA) is 87.2 Å². The summed E-state index contributed by atoms with van der Waals surface area (Å²) >= 11 is 0.